The van der Waals surface area contributed by atoms with Crippen molar-refractivity contribution in [3.8, 4) is 0 Å². The molecule has 142 valence electrons. The fourth-order valence-electron chi connectivity index (χ4n) is 3.31. The number of benzene rings is 2. The summed E-state index contributed by atoms with van der Waals surface area (Å²) in [5.41, 5.74) is 1.68. The van der Waals surface area contributed by atoms with E-state index in [9.17, 15) is 4.57 Å². The van der Waals surface area contributed by atoms with Gasteiger partial charge in [0.05, 0.1) is 10.1 Å². The molecule has 1 aliphatic rings. The molecule has 3 rings (SSSR count). The molecule has 27 heavy (non-hydrogen) atoms. The second-order valence-electron chi connectivity index (χ2n) is 6.86. The zero-order valence-corrected chi connectivity index (χ0v) is 17.6. The third-order valence-electron chi connectivity index (χ3n) is 4.70. The summed E-state index contributed by atoms with van der Waals surface area (Å²) in [5.74, 6) is 3.29. The molecular formula is C22H24Cl2NOP. The highest BCUT2D eigenvalue weighted by Crippen LogP contribution is 2.51. The van der Waals surface area contributed by atoms with Crippen LogP contribution in [0.5, 0.6) is 0 Å². The summed E-state index contributed by atoms with van der Waals surface area (Å²) in [4.78, 5) is 0. The number of hydrogen-bond acceptors (Lipinski definition) is 1. The highest BCUT2D eigenvalue weighted by Gasteiger charge is 2.24. The third-order valence-corrected chi connectivity index (χ3v) is 7.71. The molecule has 1 saturated carbocycles. The minimum Gasteiger partial charge on any atom is -0.298 e. The minimum atomic E-state index is -3.07. The molecule has 0 unspecified atom stereocenters. The molecule has 0 heterocycles. The Kier molecular flexibility index (Phi) is 7.38. The van der Waals surface area contributed by atoms with Crippen LogP contribution < -0.4 is 5.09 Å². The lowest BCUT2D eigenvalue weighted by atomic mass is 9.96. The molecule has 1 N–H and O–H groups in total. The summed E-state index contributed by atoms with van der Waals surface area (Å²) >= 11 is 13.0. The SMILES string of the molecule is O=P(C=C(Cl)c1ccccc1)(C=C(Cl)c1ccccc1)NC1CCCCC1. The average Bonchev–Trinajstić information content (AvgIpc) is 2.69. The van der Waals surface area contributed by atoms with E-state index in [1.165, 1.54) is 6.42 Å². The van der Waals surface area contributed by atoms with Gasteiger partial charge in [0, 0.05) is 17.7 Å². The zero-order chi connectivity index (χ0) is 19.1. The van der Waals surface area contributed by atoms with Gasteiger partial charge in [0.1, 0.15) is 0 Å². The van der Waals surface area contributed by atoms with Crippen molar-refractivity contribution in [3.05, 3.63) is 83.4 Å². The van der Waals surface area contributed by atoms with E-state index in [1.54, 1.807) is 11.6 Å². The molecule has 1 aliphatic carbocycles. The quantitative estimate of drug-likeness (QED) is 0.486. The molecule has 0 radical (unpaired) electrons. The molecule has 0 amide bonds. The highest BCUT2D eigenvalue weighted by molar-refractivity contribution is 7.68. The van der Waals surface area contributed by atoms with E-state index in [1.807, 2.05) is 60.7 Å². The predicted octanol–water partition coefficient (Wildman–Crippen LogP) is 7.66. The monoisotopic (exact) mass is 419 g/mol. The van der Waals surface area contributed by atoms with Gasteiger partial charge >= 0.3 is 0 Å². The molecule has 0 aromatic heterocycles. The zero-order valence-electron chi connectivity index (χ0n) is 15.2. The first-order valence-electron chi connectivity index (χ1n) is 9.30. The molecule has 5 heteroatoms. The van der Waals surface area contributed by atoms with Crippen molar-refractivity contribution in [3.63, 3.8) is 0 Å². The summed E-state index contributed by atoms with van der Waals surface area (Å²) in [6.45, 7) is 0. The Bertz CT molecular complexity index is 784. The number of rotatable bonds is 6. The van der Waals surface area contributed by atoms with Gasteiger partial charge in [0.25, 0.3) is 0 Å². The average molecular weight is 420 g/mol. The molecule has 1 fully saturated rings. The maximum absolute atomic E-state index is 13.8. The molecule has 0 atom stereocenters. The van der Waals surface area contributed by atoms with Gasteiger partial charge in [-0.25, -0.2) is 0 Å². The van der Waals surface area contributed by atoms with Gasteiger partial charge in [-0.1, -0.05) is 103 Å². The molecule has 0 bridgehead atoms. The van der Waals surface area contributed by atoms with E-state index in [0.29, 0.717) is 10.1 Å². The molecular weight excluding hydrogens is 396 g/mol. The van der Waals surface area contributed by atoms with Gasteiger partial charge in [-0.05, 0) is 24.0 Å². The summed E-state index contributed by atoms with van der Waals surface area (Å²) in [6, 6.07) is 19.4. The van der Waals surface area contributed by atoms with E-state index < -0.39 is 7.29 Å². The van der Waals surface area contributed by atoms with Gasteiger partial charge < -0.3 is 0 Å². The van der Waals surface area contributed by atoms with Crippen LogP contribution in [0, 0.1) is 0 Å². The van der Waals surface area contributed by atoms with Crippen molar-refractivity contribution >= 4 is 40.6 Å². The van der Waals surface area contributed by atoms with Crippen molar-refractivity contribution in [1.29, 1.82) is 0 Å². The fourth-order valence-corrected chi connectivity index (χ4v) is 6.46. The van der Waals surface area contributed by atoms with Crippen LogP contribution in [0.15, 0.2) is 72.3 Å². The summed E-state index contributed by atoms with van der Waals surface area (Å²) in [7, 11) is -3.07. The molecule has 0 spiro atoms. The van der Waals surface area contributed by atoms with Crippen LogP contribution in [0.25, 0.3) is 10.1 Å². The summed E-state index contributed by atoms with van der Waals surface area (Å²) in [6.07, 6.45) is 5.60. The molecule has 0 saturated heterocycles. The van der Waals surface area contributed by atoms with Gasteiger partial charge in [-0.3, -0.25) is 9.65 Å². The van der Waals surface area contributed by atoms with Crippen molar-refractivity contribution in [1.82, 2.24) is 5.09 Å². The Morgan fingerprint density at radius 1 is 0.815 bits per heavy atom. The lowest BCUT2D eigenvalue weighted by Crippen LogP contribution is -2.27. The van der Waals surface area contributed by atoms with Crippen LogP contribution in [0.3, 0.4) is 0 Å². The normalized spacial score (nSPS) is 18.9. The van der Waals surface area contributed by atoms with Crippen LogP contribution in [-0.2, 0) is 4.57 Å². The lowest BCUT2D eigenvalue weighted by molar-refractivity contribution is 0.414. The Hall–Kier alpha value is -1.31. The first-order valence-corrected chi connectivity index (χ1v) is 11.9. The minimum absolute atomic E-state index is 0.220. The van der Waals surface area contributed by atoms with Gasteiger partial charge in [-0.15, -0.1) is 0 Å². The van der Waals surface area contributed by atoms with Crippen LogP contribution in [-0.4, -0.2) is 6.04 Å². The largest absolute Gasteiger partial charge is 0.298 e. The maximum Gasteiger partial charge on any atom is 0.193 e. The molecule has 0 aliphatic heterocycles. The summed E-state index contributed by atoms with van der Waals surface area (Å²) in [5, 5.41) is 4.30. The van der Waals surface area contributed by atoms with Crippen LogP contribution >= 0.6 is 30.5 Å². The standard InChI is InChI=1S/C22H24Cl2NOP/c23-21(18-10-4-1-5-11-18)16-27(26,25-20-14-8-3-9-15-20)17-22(24)19-12-6-2-7-13-19/h1-2,4-7,10-13,16-17,20H,3,8-9,14-15H2,(H,25,26). The molecule has 2 aromatic carbocycles. The highest BCUT2D eigenvalue weighted by atomic mass is 35.5. The Balaban J connectivity index is 1.94. The van der Waals surface area contributed by atoms with Gasteiger partial charge in [0.2, 0.25) is 0 Å². The van der Waals surface area contributed by atoms with Gasteiger partial charge in [0.15, 0.2) is 7.29 Å². The second-order valence-corrected chi connectivity index (χ2v) is 9.87. The number of halogens is 2. The Morgan fingerprint density at radius 2 is 1.26 bits per heavy atom. The lowest BCUT2D eigenvalue weighted by Gasteiger charge is -2.26. The number of nitrogens with one attached hydrogen (secondary N) is 1. The predicted molar refractivity (Wildman–Crippen MR) is 118 cm³/mol. The van der Waals surface area contributed by atoms with E-state index in [4.69, 9.17) is 23.2 Å². The fraction of sp³-hybridized carbons (Fsp3) is 0.273. The summed E-state index contributed by atoms with van der Waals surface area (Å²) < 4.78 is 13.8. The topological polar surface area (TPSA) is 29.1 Å². The first-order chi connectivity index (χ1) is 13.1. The van der Waals surface area contributed by atoms with Gasteiger partial charge in [-0.2, -0.15) is 0 Å². The van der Waals surface area contributed by atoms with Crippen molar-refractivity contribution in [2.24, 2.45) is 0 Å². The molecule has 2 nitrogen and oxygen atoms in total. The van der Waals surface area contributed by atoms with E-state index in [-0.39, 0.29) is 6.04 Å². The second kappa shape index (κ2) is 9.75. The number of hydrogen-bond donors (Lipinski definition) is 1. The van der Waals surface area contributed by atoms with Crippen molar-refractivity contribution < 1.29 is 4.57 Å². The van der Waals surface area contributed by atoms with Crippen molar-refractivity contribution in [2.75, 3.05) is 0 Å². The van der Waals surface area contributed by atoms with E-state index >= 15 is 0 Å². The van der Waals surface area contributed by atoms with E-state index in [0.717, 1.165) is 36.8 Å². The smallest absolute Gasteiger partial charge is 0.193 e. The van der Waals surface area contributed by atoms with Crippen LogP contribution in [0.2, 0.25) is 0 Å². The van der Waals surface area contributed by atoms with Crippen molar-refractivity contribution in [2.45, 2.75) is 38.1 Å². The van der Waals surface area contributed by atoms with Crippen LogP contribution in [0.4, 0.5) is 0 Å². The Labute approximate surface area is 171 Å². The third kappa shape index (κ3) is 6.09. The van der Waals surface area contributed by atoms with E-state index in [2.05, 4.69) is 5.09 Å². The molecule has 2 aromatic rings. The first kappa shape index (κ1) is 20.4. The van der Waals surface area contributed by atoms with Crippen LogP contribution in [0.1, 0.15) is 43.2 Å². The maximum atomic E-state index is 13.8. The Morgan fingerprint density at radius 3 is 1.70 bits per heavy atom.